The number of carbonyl (C=O) groups excluding carboxylic acids is 2. The maximum absolute atomic E-state index is 12.1. The summed E-state index contributed by atoms with van der Waals surface area (Å²) in [5.41, 5.74) is 2.97. The summed E-state index contributed by atoms with van der Waals surface area (Å²) in [7, 11) is 0. The molecule has 1 saturated heterocycles. The molecule has 1 aliphatic heterocycles. The Balaban J connectivity index is 1.38. The number of Topliss-reactive ketones (excluding diaryl/α,β-unsaturated/α-hetero) is 1. The van der Waals surface area contributed by atoms with Gasteiger partial charge in [-0.25, -0.2) is 0 Å². The molecule has 1 heterocycles. The third kappa shape index (κ3) is 8.01. The van der Waals surface area contributed by atoms with Crippen LogP contribution in [-0.2, 0) is 4.79 Å². The van der Waals surface area contributed by atoms with Crippen LogP contribution in [0.4, 0.5) is 0 Å². The van der Waals surface area contributed by atoms with E-state index in [0.29, 0.717) is 18.1 Å². The van der Waals surface area contributed by atoms with Gasteiger partial charge in [-0.15, -0.1) is 0 Å². The second kappa shape index (κ2) is 12.5. The van der Waals surface area contributed by atoms with Crippen molar-refractivity contribution >= 4 is 11.7 Å². The van der Waals surface area contributed by atoms with Gasteiger partial charge in [0.1, 0.15) is 5.75 Å². The number of carbonyl (C=O) groups is 2. The van der Waals surface area contributed by atoms with Crippen molar-refractivity contribution in [3.05, 3.63) is 65.4 Å². The highest BCUT2D eigenvalue weighted by Crippen LogP contribution is 2.28. The zero-order chi connectivity index (χ0) is 23.6. The number of nitrogens with one attached hydrogen (secondary N) is 1. The predicted molar refractivity (Wildman–Crippen MR) is 133 cm³/mol. The average molecular weight is 451 g/mol. The standard InChI is InChI=1S/C28H38N2O3/c1-21(2)28(32)29-26-11-5-4-9-25(19-26)23-13-16-30(17-14-23)15-6-7-18-33-27-12-8-10-24(20-27)22(3)31/h4,8-12,19-21,23H,5-7,13-18H2,1-3H3,(H,29,32). The van der Waals surface area contributed by atoms with Gasteiger partial charge in [0.2, 0.25) is 5.91 Å². The number of ether oxygens (including phenoxy) is 1. The van der Waals surface area contributed by atoms with Crippen molar-refractivity contribution in [2.45, 2.75) is 52.9 Å². The van der Waals surface area contributed by atoms with Crippen LogP contribution in [-0.4, -0.2) is 42.8 Å². The smallest absolute Gasteiger partial charge is 0.226 e. The van der Waals surface area contributed by atoms with E-state index in [1.54, 1.807) is 6.92 Å². The highest BCUT2D eigenvalue weighted by Gasteiger charge is 2.22. The molecule has 1 aromatic carbocycles. The first-order chi connectivity index (χ1) is 15.9. The Kier molecular flexibility index (Phi) is 9.49. The number of unbranched alkanes of at least 4 members (excludes halogenated alkanes) is 1. The molecule has 1 aliphatic carbocycles. The van der Waals surface area contributed by atoms with Crippen LogP contribution < -0.4 is 10.1 Å². The number of hydrogen-bond acceptors (Lipinski definition) is 4. The lowest BCUT2D eigenvalue weighted by molar-refractivity contribution is -0.123. The Morgan fingerprint density at radius 2 is 1.97 bits per heavy atom. The third-order valence-corrected chi connectivity index (χ3v) is 6.34. The summed E-state index contributed by atoms with van der Waals surface area (Å²) in [5.74, 6) is 1.44. The van der Waals surface area contributed by atoms with Gasteiger partial charge < -0.3 is 15.0 Å². The number of likely N-dealkylation sites (tertiary alicyclic amines) is 1. The molecule has 0 spiro atoms. The average Bonchev–Trinajstić information content (AvgIpc) is 3.05. The van der Waals surface area contributed by atoms with Crippen LogP contribution in [0, 0.1) is 11.8 Å². The topological polar surface area (TPSA) is 58.6 Å². The number of rotatable bonds is 10. The Morgan fingerprint density at radius 1 is 1.18 bits per heavy atom. The van der Waals surface area contributed by atoms with Gasteiger partial charge in [0.25, 0.3) is 0 Å². The molecule has 5 nitrogen and oxygen atoms in total. The van der Waals surface area contributed by atoms with Crippen LogP contribution in [0.15, 0.2) is 59.8 Å². The lowest BCUT2D eigenvalue weighted by Gasteiger charge is -2.32. The van der Waals surface area contributed by atoms with Crippen LogP contribution >= 0.6 is 0 Å². The predicted octanol–water partition coefficient (Wildman–Crippen LogP) is 5.30. The largest absolute Gasteiger partial charge is 0.494 e. The minimum Gasteiger partial charge on any atom is -0.494 e. The summed E-state index contributed by atoms with van der Waals surface area (Å²) in [6.07, 6.45) is 14.0. The Hall–Kier alpha value is -2.66. The van der Waals surface area contributed by atoms with Crippen LogP contribution in [0.3, 0.4) is 0 Å². The highest BCUT2D eigenvalue weighted by atomic mass is 16.5. The molecular formula is C28H38N2O3. The van der Waals surface area contributed by atoms with Gasteiger partial charge in [-0.2, -0.15) is 0 Å². The van der Waals surface area contributed by atoms with E-state index in [-0.39, 0.29) is 17.6 Å². The summed E-state index contributed by atoms with van der Waals surface area (Å²) >= 11 is 0. The number of piperidine rings is 1. The number of allylic oxidation sites excluding steroid dienone is 5. The van der Waals surface area contributed by atoms with E-state index in [4.69, 9.17) is 4.74 Å². The maximum Gasteiger partial charge on any atom is 0.226 e. The summed E-state index contributed by atoms with van der Waals surface area (Å²) in [5, 5.41) is 3.06. The van der Waals surface area contributed by atoms with Crippen LogP contribution in [0.25, 0.3) is 0 Å². The van der Waals surface area contributed by atoms with Crippen molar-refractivity contribution in [3.63, 3.8) is 0 Å². The molecular weight excluding hydrogens is 412 g/mol. The molecule has 0 saturated carbocycles. The summed E-state index contributed by atoms with van der Waals surface area (Å²) in [6.45, 7) is 9.39. The number of benzene rings is 1. The molecule has 0 atom stereocenters. The van der Waals surface area contributed by atoms with E-state index >= 15 is 0 Å². The maximum atomic E-state index is 12.1. The first-order valence-electron chi connectivity index (χ1n) is 12.3. The van der Waals surface area contributed by atoms with Crippen molar-refractivity contribution in [1.29, 1.82) is 0 Å². The highest BCUT2D eigenvalue weighted by molar-refractivity contribution is 5.94. The van der Waals surface area contributed by atoms with Crippen molar-refractivity contribution in [2.75, 3.05) is 26.2 Å². The van der Waals surface area contributed by atoms with E-state index in [9.17, 15) is 9.59 Å². The monoisotopic (exact) mass is 450 g/mol. The molecule has 0 unspecified atom stereocenters. The van der Waals surface area contributed by atoms with Gasteiger partial charge in [-0.1, -0.05) is 44.2 Å². The molecule has 33 heavy (non-hydrogen) atoms. The van der Waals surface area contributed by atoms with Crippen molar-refractivity contribution in [1.82, 2.24) is 10.2 Å². The molecule has 0 bridgehead atoms. The number of amides is 1. The first-order valence-corrected chi connectivity index (χ1v) is 12.3. The number of hydrogen-bond donors (Lipinski definition) is 1. The second-order valence-electron chi connectivity index (χ2n) is 9.34. The van der Waals surface area contributed by atoms with Gasteiger partial charge >= 0.3 is 0 Å². The van der Waals surface area contributed by atoms with Crippen LogP contribution in [0.1, 0.15) is 63.2 Å². The van der Waals surface area contributed by atoms with E-state index in [1.807, 2.05) is 38.1 Å². The Morgan fingerprint density at radius 3 is 2.70 bits per heavy atom. The molecule has 1 aromatic rings. The molecule has 0 aromatic heterocycles. The van der Waals surface area contributed by atoms with Crippen LogP contribution in [0.2, 0.25) is 0 Å². The third-order valence-electron chi connectivity index (χ3n) is 6.34. The van der Waals surface area contributed by atoms with E-state index in [1.165, 1.54) is 5.57 Å². The van der Waals surface area contributed by atoms with Gasteiger partial charge in [0, 0.05) is 17.2 Å². The molecule has 2 aliphatic rings. The minimum atomic E-state index is -0.0155. The fourth-order valence-corrected chi connectivity index (χ4v) is 4.24. The van der Waals surface area contributed by atoms with E-state index in [2.05, 4.69) is 34.5 Å². The van der Waals surface area contributed by atoms with Crippen LogP contribution in [0.5, 0.6) is 5.75 Å². The minimum absolute atomic E-state index is 0.0155. The number of nitrogens with zero attached hydrogens (tertiary/aromatic N) is 1. The molecule has 5 heteroatoms. The first kappa shape index (κ1) is 25.0. The summed E-state index contributed by atoms with van der Waals surface area (Å²) in [6, 6.07) is 7.41. The fourth-order valence-electron chi connectivity index (χ4n) is 4.24. The van der Waals surface area contributed by atoms with E-state index in [0.717, 1.165) is 63.2 Å². The summed E-state index contributed by atoms with van der Waals surface area (Å²) < 4.78 is 5.83. The zero-order valence-electron chi connectivity index (χ0n) is 20.3. The zero-order valence-corrected chi connectivity index (χ0v) is 20.3. The fraction of sp³-hybridized carbons (Fsp3) is 0.500. The molecule has 178 valence electrons. The number of ketones is 1. The van der Waals surface area contributed by atoms with Gasteiger partial charge in [0.15, 0.2) is 5.78 Å². The second-order valence-corrected chi connectivity index (χ2v) is 9.34. The lowest BCUT2D eigenvalue weighted by Crippen LogP contribution is -2.35. The lowest BCUT2D eigenvalue weighted by atomic mass is 9.88. The van der Waals surface area contributed by atoms with Gasteiger partial charge in [-0.3, -0.25) is 9.59 Å². The molecule has 1 amide bonds. The molecule has 0 radical (unpaired) electrons. The Labute approximate surface area is 198 Å². The van der Waals surface area contributed by atoms with Gasteiger partial charge in [-0.05, 0) is 88.4 Å². The SMILES string of the molecule is CC(=O)c1cccc(OCCCCN2CCC(C3=CC(NC(=O)C(C)C)=CCC=C3)CC2)c1. The normalized spacial score (nSPS) is 17.3. The Bertz CT molecular complexity index is 905. The van der Waals surface area contributed by atoms with Crippen molar-refractivity contribution in [2.24, 2.45) is 11.8 Å². The molecule has 3 rings (SSSR count). The summed E-state index contributed by atoms with van der Waals surface area (Å²) in [4.78, 5) is 26.1. The molecule has 1 N–H and O–H groups in total. The quantitative estimate of drug-likeness (QED) is 0.388. The van der Waals surface area contributed by atoms with Crippen molar-refractivity contribution < 1.29 is 14.3 Å². The molecule has 1 fully saturated rings. The van der Waals surface area contributed by atoms with E-state index < -0.39 is 0 Å². The van der Waals surface area contributed by atoms with Crippen molar-refractivity contribution in [3.8, 4) is 5.75 Å². The van der Waals surface area contributed by atoms with Gasteiger partial charge in [0.05, 0.1) is 6.61 Å².